The van der Waals surface area contributed by atoms with Crippen LogP contribution in [0.5, 0.6) is 5.75 Å². The third-order valence-corrected chi connectivity index (χ3v) is 7.43. The Hall–Kier alpha value is -2.30. The van der Waals surface area contributed by atoms with Crippen LogP contribution in [0.3, 0.4) is 0 Å². The summed E-state index contributed by atoms with van der Waals surface area (Å²) in [5, 5.41) is 1.15. The van der Waals surface area contributed by atoms with Gasteiger partial charge in [-0.2, -0.15) is 0 Å². The first-order valence-corrected chi connectivity index (χ1v) is 12.4. The molecule has 2 aromatic carbocycles. The molecule has 174 valence electrons. The van der Waals surface area contributed by atoms with Gasteiger partial charge in [0.25, 0.3) is 5.91 Å². The minimum absolute atomic E-state index is 0. The molecule has 0 unspecified atom stereocenters. The van der Waals surface area contributed by atoms with E-state index in [0.717, 1.165) is 59.0 Å². The molecule has 1 saturated heterocycles. The fraction of sp³-hybridized carbons (Fsp3) is 0.348. The molecular weight excluding hydrogens is 480 g/mol. The highest BCUT2D eigenvalue weighted by Crippen LogP contribution is 2.35. The fourth-order valence-electron chi connectivity index (χ4n) is 3.73. The zero-order valence-corrected chi connectivity index (χ0v) is 20.7. The number of hydrogen-bond acceptors (Lipinski definition) is 8. The summed E-state index contributed by atoms with van der Waals surface area (Å²) >= 11 is 2.93. The molecule has 0 bridgehead atoms. The summed E-state index contributed by atoms with van der Waals surface area (Å²) in [6, 6.07) is 13.7. The first kappa shape index (κ1) is 23.8. The van der Waals surface area contributed by atoms with Gasteiger partial charge in [0, 0.05) is 26.2 Å². The van der Waals surface area contributed by atoms with Crippen LogP contribution in [0.2, 0.25) is 0 Å². The van der Waals surface area contributed by atoms with E-state index >= 15 is 0 Å². The predicted octanol–water partition coefficient (Wildman–Crippen LogP) is 4.71. The molecule has 1 aliphatic rings. The second kappa shape index (κ2) is 10.8. The fourth-order valence-corrected chi connectivity index (χ4v) is 5.65. The number of aromatic nitrogens is 2. The molecule has 2 aromatic heterocycles. The maximum Gasteiger partial charge on any atom is 0.289 e. The van der Waals surface area contributed by atoms with Crippen LogP contribution in [0.15, 0.2) is 42.5 Å². The molecule has 33 heavy (non-hydrogen) atoms. The molecule has 7 nitrogen and oxygen atoms in total. The Morgan fingerprint density at radius 1 is 1.09 bits per heavy atom. The molecule has 1 fully saturated rings. The maximum absolute atomic E-state index is 13.6. The van der Waals surface area contributed by atoms with Gasteiger partial charge < -0.3 is 9.47 Å². The van der Waals surface area contributed by atoms with Crippen LogP contribution in [-0.2, 0) is 4.74 Å². The number of rotatable bonds is 7. The topological polar surface area (TPSA) is 67.8 Å². The summed E-state index contributed by atoms with van der Waals surface area (Å²) in [5.41, 5.74) is 1.64. The predicted molar refractivity (Wildman–Crippen MR) is 137 cm³/mol. The van der Waals surface area contributed by atoms with Crippen LogP contribution in [0, 0.1) is 0 Å². The van der Waals surface area contributed by atoms with Crippen molar-refractivity contribution < 1.29 is 14.3 Å². The van der Waals surface area contributed by atoms with Gasteiger partial charge in [-0.25, -0.2) is 9.97 Å². The summed E-state index contributed by atoms with van der Waals surface area (Å²) < 4.78 is 13.2. The molecule has 5 rings (SSSR count). The molecule has 0 N–H and O–H groups in total. The Balaban J connectivity index is 0.00000259. The van der Waals surface area contributed by atoms with E-state index < -0.39 is 0 Å². The zero-order chi connectivity index (χ0) is 21.9. The van der Waals surface area contributed by atoms with E-state index in [9.17, 15) is 4.79 Å². The van der Waals surface area contributed by atoms with Gasteiger partial charge in [-0.15, -0.1) is 23.7 Å². The lowest BCUT2D eigenvalue weighted by atomic mass is 10.3. The number of benzene rings is 2. The van der Waals surface area contributed by atoms with E-state index in [1.807, 2.05) is 49.4 Å². The van der Waals surface area contributed by atoms with Crippen molar-refractivity contribution in [2.24, 2.45) is 0 Å². The SMILES string of the molecule is CCOc1cccc2sc(N(CCN3CCOCC3)C(=O)c3nc4ccccc4s3)nc12.Cl. The van der Waals surface area contributed by atoms with Crippen molar-refractivity contribution in [1.82, 2.24) is 14.9 Å². The quantitative estimate of drug-likeness (QED) is 0.363. The minimum Gasteiger partial charge on any atom is -0.492 e. The first-order chi connectivity index (χ1) is 15.7. The van der Waals surface area contributed by atoms with E-state index in [2.05, 4.69) is 9.88 Å². The van der Waals surface area contributed by atoms with Crippen molar-refractivity contribution in [3.8, 4) is 5.75 Å². The van der Waals surface area contributed by atoms with E-state index in [-0.39, 0.29) is 18.3 Å². The van der Waals surface area contributed by atoms with Gasteiger partial charge in [0.2, 0.25) is 0 Å². The number of ether oxygens (including phenoxy) is 2. The van der Waals surface area contributed by atoms with E-state index in [4.69, 9.17) is 14.5 Å². The number of carbonyl (C=O) groups excluding carboxylic acids is 1. The smallest absolute Gasteiger partial charge is 0.289 e. The van der Waals surface area contributed by atoms with Gasteiger partial charge in [0.15, 0.2) is 10.1 Å². The number of hydrogen-bond donors (Lipinski definition) is 0. The van der Waals surface area contributed by atoms with Crippen molar-refractivity contribution in [3.63, 3.8) is 0 Å². The van der Waals surface area contributed by atoms with Gasteiger partial charge in [-0.05, 0) is 31.2 Å². The Morgan fingerprint density at radius 2 is 1.88 bits per heavy atom. The number of thiazole rings is 2. The largest absolute Gasteiger partial charge is 0.492 e. The number of morpholine rings is 1. The molecule has 0 aliphatic carbocycles. The van der Waals surface area contributed by atoms with E-state index in [0.29, 0.717) is 23.3 Å². The number of halogens is 1. The van der Waals surface area contributed by atoms with E-state index in [1.54, 1.807) is 4.90 Å². The number of amides is 1. The molecule has 3 heterocycles. The third-order valence-electron chi connectivity index (χ3n) is 5.37. The van der Waals surface area contributed by atoms with Crippen LogP contribution in [0.4, 0.5) is 5.13 Å². The van der Waals surface area contributed by atoms with Crippen LogP contribution < -0.4 is 9.64 Å². The number of nitrogens with zero attached hydrogens (tertiary/aromatic N) is 4. The Bertz CT molecular complexity index is 1210. The molecule has 4 aromatic rings. The van der Waals surface area contributed by atoms with Crippen LogP contribution >= 0.6 is 35.1 Å². The summed E-state index contributed by atoms with van der Waals surface area (Å²) in [5.74, 6) is 0.629. The highest BCUT2D eigenvalue weighted by atomic mass is 35.5. The third kappa shape index (κ3) is 5.12. The van der Waals surface area contributed by atoms with Crippen molar-refractivity contribution in [3.05, 3.63) is 47.5 Å². The molecule has 1 aliphatic heterocycles. The van der Waals surface area contributed by atoms with Gasteiger partial charge in [-0.1, -0.05) is 29.5 Å². The second-order valence-electron chi connectivity index (χ2n) is 7.43. The molecule has 10 heteroatoms. The number of carbonyl (C=O) groups is 1. The summed E-state index contributed by atoms with van der Waals surface area (Å²) in [6.07, 6.45) is 0. The first-order valence-electron chi connectivity index (χ1n) is 10.7. The minimum atomic E-state index is -0.114. The Kier molecular flexibility index (Phi) is 7.77. The zero-order valence-electron chi connectivity index (χ0n) is 18.2. The number of para-hydroxylation sites is 2. The molecule has 0 saturated carbocycles. The monoisotopic (exact) mass is 504 g/mol. The van der Waals surface area contributed by atoms with Crippen LogP contribution in [0.1, 0.15) is 16.7 Å². The second-order valence-corrected chi connectivity index (χ2v) is 9.47. The van der Waals surface area contributed by atoms with Crippen LogP contribution in [-0.4, -0.2) is 66.8 Å². The van der Waals surface area contributed by atoms with Crippen molar-refractivity contribution in [1.29, 1.82) is 0 Å². The molecule has 1 amide bonds. The summed E-state index contributed by atoms with van der Waals surface area (Å²) in [6.45, 7) is 7.02. The molecule has 0 radical (unpaired) electrons. The Labute approximate surface area is 206 Å². The lowest BCUT2D eigenvalue weighted by Crippen LogP contribution is -2.43. The summed E-state index contributed by atoms with van der Waals surface area (Å²) in [7, 11) is 0. The van der Waals surface area contributed by atoms with E-state index in [1.165, 1.54) is 22.7 Å². The standard InChI is InChI=1S/C23H24N4O3S2.ClH/c1-2-30-17-7-5-9-19-20(17)25-23(32-19)27(11-10-26-12-14-29-15-13-26)22(28)21-24-16-6-3-4-8-18(16)31-21;/h3-9H,2,10-15H2,1H3;1H. The van der Waals surface area contributed by atoms with Gasteiger partial charge in [0.1, 0.15) is 11.3 Å². The van der Waals surface area contributed by atoms with Gasteiger partial charge in [0.05, 0.1) is 34.7 Å². The number of anilines is 1. The van der Waals surface area contributed by atoms with Crippen molar-refractivity contribution in [2.45, 2.75) is 6.92 Å². The Morgan fingerprint density at radius 3 is 2.67 bits per heavy atom. The lowest BCUT2D eigenvalue weighted by molar-refractivity contribution is 0.0391. The van der Waals surface area contributed by atoms with Gasteiger partial charge in [-0.3, -0.25) is 14.6 Å². The summed E-state index contributed by atoms with van der Waals surface area (Å²) in [4.78, 5) is 27.2. The van der Waals surface area contributed by atoms with Crippen molar-refractivity contribution in [2.75, 3.05) is 50.9 Å². The maximum atomic E-state index is 13.6. The molecule has 0 atom stereocenters. The molecular formula is C23H25ClN4O3S2. The average molecular weight is 505 g/mol. The molecule has 0 spiro atoms. The highest BCUT2D eigenvalue weighted by molar-refractivity contribution is 7.23. The highest BCUT2D eigenvalue weighted by Gasteiger charge is 2.26. The average Bonchev–Trinajstić information content (AvgIpc) is 3.45. The lowest BCUT2D eigenvalue weighted by Gasteiger charge is -2.28. The number of fused-ring (bicyclic) bond motifs is 2. The van der Waals surface area contributed by atoms with Gasteiger partial charge >= 0.3 is 0 Å². The van der Waals surface area contributed by atoms with Crippen molar-refractivity contribution >= 4 is 66.6 Å². The van der Waals surface area contributed by atoms with Crippen LogP contribution in [0.25, 0.3) is 20.4 Å². The normalized spacial score (nSPS) is 14.3.